The van der Waals surface area contributed by atoms with Crippen molar-refractivity contribution in [2.45, 2.75) is 13.8 Å². The second-order valence-electron chi connectivity index (χ2n) is 5.92. The quantitative estimate of drug-likeness (QED) is 0.705. The lowest BCUT2D eigenvalue weighted by atomic mass is 10.2. The summed E-state index contributed by atoms with van der Waals surface area (Å²) in [4.78, 5) is 28.8. The van der Waals surface area contributed by atoms with Crippen LogP contribution in [-0.2, 0) is 0 Å². The Morgan fingerprint density at radius 1 is 1.17 bits per heavy atom. The molecule has 3 aromatic heterocycles. The molecule has 4 heterocycles. The molecule has 3 aromatic rings. The van der Waals surface area contributed by atoms with E-state index >= 15 is 0 Å². The second-order valence-corrected chi connectivity index (χ2v) is 8.07. The van der Waals surface area contributed by atoms with Crippen LogP contribution in [0.2, 0.25) is 0 Å². The number of carbonyl (C=O) groups is 1. The third kappa shape index (κ3) is 2.57. The maximum absolute atomic E-state index is 12.5. The Hall–Kier alpha value is -1.99. The van der Waals surface area contributed by atoms with Crippen LogP contribution in [0.25, 0.3) is 10.2 Å². The standard InChI is InChI=1S/C17H18N4OS2/c1-11-12(2)24-16-14(11)15(18-10-19-16)20-5-7-21(8-6-20)17(22)13-4-3-9-23-13/h3-4,9-10H,5-8H2,1-2H3. The van der Waals surface area contributed by atoms with Crippen LogP contribution in [0.3, 0.4) is 0 Å². The van der Waals surface area contributed by atoms with Crippen LogP contribution in [0.15, 0.2) is 23.8 Å². The molecule has 124 valence electrons. The molecule has 1 fully saturated rings. The molecule has 1 amide bonds. The van der Waals surface area contributed by atoms with E-state index in [-0.39, 0.29) is 5.91 Å². The van der Waals surface area contributed by atoms with Crippen molar-refractivity contribution in [3.8, 4) is 0 Å². The summed E-state index contributed by atoms with van der Waals surface area (Å²) in [5.74, 6) is 1.14. The average molecular weight is 358 g/mol. The molecule has 1 aliphatic heterocycles. The maximum Gasteiger partial charge on any atom is 0.264 e. The van der Waals surface area contributed by atoms with E-state index in [2.05, 4.69) is 28.7 Å². The zero-order valence-corrected chi connectivity index (χ0v) is 15.3. The lowest BCUT2D eigenvalue weighted by molar-refractivity contribution is 0.0751. The first-order valence-corrected chi connectivity index (χ1v) is 9.63. The van der Waals surface area contributed by atoms with Crippen molar-refractivity contribution in [3.63, 3.8) is 0 Å². The first kappa shape index (κ1) is 15.5. The molecule has 5 nitrogen and oxygen atoms in total. The zero-order chi connectivity index (χ0) is 16.7. The lowest BCUT2D eigenvalue weighted by Crippen LogP contribution is -2.49. The van der Waals surface area contributed by atoms with E-state index in [1.54, 1.807) is 17.7 Å². The van der Waals surface area contributed by atoms with Crippen LogP contribution in [0.1, 0.15) is 20.1 Å². The number of aryl methyl sites for hydroxylation is 2. The molecular weight excluding hydrogens is 340 g/mol. The number of rotatable bonds is 2. The Morgan fingerprint density at radius 2 is 1.96 bits per heavy atom. The molecule has 0 aromatic carbocycles. The van der Waals surface area contributed by atoms with Gasteiger partial charge in [-0.2, -0.15) is 0 Å². The van der Waals surface area contributed by atoms with Gasteiger partial charge in [-0.15, -0.1) is 22.7 Å². The van der Waals surface area contributed by atoms with Crippen molar-refractivity contribution in [2.24, 2.45) is 0 Å². The number of hydrogen-bond donors (Lipinski definition) is 0. The minimum absolute atomic E-state index is 0.139. The molecule has 0 N–H and O–H groups in total. The van der Waals surface area contributed by atoms with E-state index in [4.69, 9.17) is 0 Å². The summed E-state index contributed by atoms with van der Waals surface area (Å²) < 4.78 is 0. The normalized spacial score (nSPS) is 15.2. The Bertz CT molecular complexity index is 880. The number of carbonyl (C=O) groups excluding carboxylic acids is 1. The fraction of sp³-hybridized carbons (Fsp3) is 0.353. The Labute approximate surface area is 148 Å². The van der Waals surface area contributed by atoms with E-state index in [1.165, 1.54) is 21.8 Å². The molecule has 0 bridgehead atoms. The predicted molar refractivity (Wildman–Crippen MR) is 99.3 cm³/mol. The van der Waals surface area contributed by atoms with Crippen LogP contribution >= 0.6 is 22.7 Å². The molecule has 7 heteroatoms. The molecule has 0 saturated carbocycles. The number of fused-ring (bicyclic) bond motifs is 1. The highest BCUT2D eigenvalue weighted by Gasteiger charge is 2.25. The van der Waals surface area contributed by atoms with Crippen LogP contribution < -0.4 is 4.90 Å². The van der Waals surface area contributed by atoms with E-state index < -0.39 is 0 Å². The number of piperazine rings is 1. The molecule has 0 unspecified atom stereocenters. The fourth-order valence-corrected chi connectivity index (χ4v) is 4.76. The van der Waals surface area contributed by atoms with E-state index in [9.17, 15) is 4.79 Å². The number of amides is 1. The molecular formula is C17H18N4OS2. The minimum Gasteiger partial charge on any atom is -0.352 e. The first-order valence-electron chi connectivity index (χ1n) is 7.93. The fourth-order valence-electron chi connectivity index (χ4n) is 3.08. The van der Waals surface area contributed by atoms with Gasteiger partial charge in [0.1, 0.15) is 17.0 Å². The summed E-state index contributed by atoms with van der Waals surface area (Å²) >= 11 is 3.22. The molecule has 0 atom stereocenters. The van der Waals surface area contributed by atoms with Crippen molar-refractivity contribution in [1.82, 2.24) is 14.9 Å². The molecule has 1 saturated heterocycles. The van der Waals surface area contributed by atoms with Crippen molar-refractivity contribution in [3.05, 3.63) is 39.2 Å². The summed E-state index contributed by atoms with van der Waals surface area (Å²) in [6.45, 7) is 7.32. The molecule has 0 radical (unpaired) electrons. The van der Waals surface area contributed by atoms with Gasteiger partial charge in [-0.25, -0.2) is 9.97 Å². The SMILES string of the molecule is Cc1sc2ncnc(N3CCN(C(=O)c4cccs4)CC3)c2c1C. The number of anilines is 1. The summed E-state index contributed by atoms with van der Waals surface area (Å²) in [6, 6.07) is 3.82. The third-order valence-electron chi connectivity index (χ3n) is 4.54. The van der Waals surface area contributed by atoms with Crippen molar-refractivity contribution >= 4 is 44.6 Å². The highest BCUT2D eigenvalue weighted by molar-refractivity contribution is 7.18. The summed E-state index contributed by atoms with van der Waals surface area (Å²) in [5.41, 5.74) is 1.27. The number of nitrogens with zero attached hydrogens (tertiary/aromatic N) is 4. The van der Waals surface area contributed by atoms with Gasteiger partial charge < -0.3 is 9.80 Å². The molecule has 0 spiro atoms. The molecule has 24 heavy (non-hydrogen) atoms. The van der Waals surface area contributed by atoms with Gasteiger partial charge in [-0.3, -0.25) is 4.79 Å². The van der Waals surface area contributed by atoms with Gasteiger partial charge in [-0.1, -0.05) is 6.07 Å². The number of aromatic nitrogens is 2. The van der Waals surface area contributed by atoms with Crippen LogP contribution in [0, 0.1) is 13.8 Å². The Morgan fingerprint density at radius 3 is 2.67 bits per heavy atom. The van der Waals surface area contributed by atoms with E-state index in [0.717, 1.165) is 47.1 Å². The van der Waals surface area contributed by atoms with Crippen LogP contribution in [0.4, 0.5) is 5.82 Å². The van der Waals surface area contributed by atoms with Gasteiger partial charge in [-0.05, 0) is 30.9 Å². The topological polar surface area (TPSA) is 49.3 Å². The minimum atomic E-state index is 0.139. The number of hydrogen-bond acceptors (Lipinski definition) is 6. The molecule has 4 rings (SSSR count). The summed E-state index contributed by atoms with van der Waals surface area (Å²) in [7, 11) is 0. The third-order valence-corrected chi connectivity index (χ3v) is 6.52. The average Bonchev–Trinajstić information content (AvgIpc) is 3.24. The van der Waals surface area contributed by atoms with Gasteiger partial charge in [0, 0.05) is 31.1 Å². The van der Waals surface area contributed by atoms with Gasteiger partial charge in [0.2, 0.25) is 0 Å². The smallest absolute Gasteiger partial charge is 0.264 e. The zero-order valence-electron chi connectivity index (χ0n) is 13.7. The Balaban J connectivity index is 1.55. The largest absolute Gasteiger partial charge is 0.352 e. The lowest BCUT2D eigenvalue weighted by Gasteiger charge is -2.35. The molecule has 1 aliphatic rings. The highest BCUT2D eigenvalue weighted by Crippen LogP contribution is 2.34. The summed E-state index contributed by atoms with van der Waals surface area (Å²) in [5, 5.41) is 3.11. The van der Waals surface area contributed by atoms with Crippen molar-refractivity contribution in [2.75, 3.05) is 31.1 Å². The van der Waals surface area contributed by atoms with Gasteiger partial charge in [0.25, 0.3) is 5.91 Å². The monoisotopic (exact) mass is 358 g/mol. The number of thiophene rings is 2. The predicted octanol–water partition coefficient (Wildman–Crippen LogP) is 3.33. The molecule has 0 aliphatic carbocycles. The summed E-state index contributed by atoms with van der Waals surface area (Å²) in [6.07, 6.45) is 1.65. The van der Waals surface area contributed by atoms with Crippen LogP contribution in [-0.4, -0.2) is 47.0 Å². The van der Waals surface area contributed by atoms with Gasteiger partial charge in [0.15, 0.2) is 0 Å². The van der Waals surface area contributed by atoms with Gasteiger partial charge in [0.05, 0.1) is 10.3 Å². The van der Waals surface area contributed by atoms with Crippen LogP contribution in [0.5, 0.6) is 0 Å². The Kier molecular flexibility index (Phi) is 3.97. The van der Waals surface area contributed by atoms with Crippen molar-refractivity contribution < 1.29 is 4.79 Å². The van der Waals surface area contributed by atoms with E-state index in [1.807, 2.05) is 22.4 Å². The maximum atomic E-state index is 12.5. The first-order chi connectivity index (χ1) is 11.6. The van der Waals surface area contributed by atoms with Crippen molar-refractivity contribution in [1.29, 1.82) is 0 Å². The van der Waals surface area contributed by atoms with E-state index in [0.29, 0.717) is 0 Å². The second kappa shape index (κ2) is 6.14. The highest BCUT2D eigenvalue weighted by atomic mass is 32.1. The van der Waals surface area contributed by atoms with Gasteiger partial charge >= 0.3 is 0 Å².